The summed E-state index contributed by atoms with van der Waals surface area (Å²) < 4.78 is 10.8. The number of nitrogens with one attached hydrogen (secondary N) is 2. The summed E-state index contributed by atoms with van der Waals surface area (Å²) in [5.74, 6) is 0.542. The van der Waals surface area contributed by atoms with E-state index in [1.54, 1.807) is 25.6 Å². The number of pyridine rings is 1. The van der Waals surface area contributed by atoms with E-state index in [-0.39, 0.29) is 0 Å². The molecule has 170 valence electrons. The number of hydrogen-bond acceptors (Lipinski definition) is 4. The van der Waals surface area contributed by atoms with Crippen LogP contribution in [0.2, 0.25) is 0 Å². The Morgan fingerprint density at radius 1 is 1.03 bits per heavy atom. The molecule has 0 unspecified atom stereocenters. The van der Waals surface area contributed by atoms with Crippen molar-refractivity contribution in [2.24, 2.45) is 0 Å². The molecule has 0 bridgehead atoms. The average molecular weight is 451 g/mol. The molecule has 0 atom stereocenters. The molecule has 3 aromatic heterocycles. The van der Waals surface area contributed by atoms with Gasteiger partial charge < -0.3 is 14.5 Å². The van der Waals surface area contributed by atoms with E-state index < -0.39 is 0 Å². The first-order valence-electron chi connectivity index (χ1n) is 10.8. The van der Waals surface area contributed by atoms with Crippen LogP contribution in [0.25, 0.3) is 29.1 Å². The number of ether oxygens (including phenoxy) is 2. The molecule has 0 saturated heterocycles. The number of nitrogens with zero attached hydrogens (tertiary/aromatic N) is 2. The number of H-pyrrole nitrogens is 2. The molecule has 2 N–H and O–H groups in total. The summed E-state index contributed by atoms with van der Waals surface area (Å²) in [4.78, 5) is 7.61. The smallest absolute Gasteiger partial charge is 0.129 e. The number of benzene rings is 1. The van der Waals surface area contributed by atoms with Gasteiger partial charge in [0.1, 0.15) is 12.4 Å². The van der Waals surface area contributed by atoms with E-state index in [0.29, 0.717) is 12.4 Å². The lowest BCUT2D eigenvalue weighted by Gasteiger charge is -2.04. The molecule has 4 rings (SSSR count). The van der Waals surface area contributed by atoms with E-state index in [9.17, 15) is 0 Å². The second kappa shape index (κ2) is 11.3. The first-order chi connectivity index (χ1) is 16.7. The van der Waals surface area contributed by atoms with E-state index in [1.165, 1.54) is 5.39 Å². The van der Waals surface area contributed by atoms with Gasteiger partial charge in [0.15, 0.2) is 0 Å². The molecule has 3 heterocycles. The number of allylic oxidation sites excluding steroid dienone is 3. The predicted octanol–water partition coefficient (Wildman–Crippen LogP) is 6.29. The van der Waals surface area contributed by atoms with E-state index in [1.807, 2.05) is 66.8 Å². The predicted molar refractivity (Wildman–Crippen MR) is 137 cm³/mol. The third-order valence-electron chi connectivity index (χ3n) is 5.02. The van der Waals surface area contributed by atoms with Crippen LogP contribution in [0.3, 0.4) is 0 Å². The van der Waals surface area contributed by atoms with Crippen LogP contribution in [-0.2, 0) is 16.1 Å². The van der Waals surface area contributed by atoms with Crippen LogP contribution in [0.15, 0.2) is 103 Å². The van der Waals surface area contributed by atoms with Crippen LogP contribution in [0.4, 0.5) is 0 Å². The minimum absolute atomic E-state index is 0.406. The molecule has 34 heavy (non-hydrogen) atoms. The van der Waals surface area contributed by atoms with Crippen molar-refractivity contribution < 1.29 is 9.47 Å². The first-order valence-corrected chi connectivity index (χ1v) is 10.8. The standard InChI is InChI=1S/C28H26N4O2/c1-21(33-2)22(9-7-17-34-20-27-10-5-6-16-29-27)12-13-25-19-26(32-31-25)15-14-24-18-23-8-3-4-11-28(23)30-24/h3-19,30H,1,20H2,2H3,(H,31,32)/b13-12+,15-14+,17-7+,22-9-. The molecule has 0 spiro atoms. The van der Waals surface area contributed by atoms with Gasteiger partial charge in [-0.1, -0.05) is 30.8 Å². The van der Waals surface area contributed by atoms with Crippen LogP contribution in [0, 0.1) is 0 Å². The van der Waals surface area contributed by atoms with Crippen molar-refractivity contribution in [1.82, 2.24) is 20.2 Å². The highest BCUT2D eigenvalue weighted by atomic mass is 16.5. The summed E-state index contributed by atoms with van der Waals surface area (Å²) in [6, 6.07) is 18.0. The van der Waals surface area contributed by atoms with Gasteiger partial charge in [-0.05, 0) is 72.2 Å². The average Bonchev–Trinajstić information content (AvgIpc) is 3.51. The largest absolute Gasteiger partial charge is 0.497 e. The Morgan fingerprint density at radius 3 is 2.71 bits per heavy atom. The van der Waals surface area contributed by atoms with Crippen molar-refractivity contribution in [3.05, 3.63) is 126 Å². The van der Waals surface area contributed by atoms with Crippen LogP contribution in [0.5, 0.6) is 0 Å². The number of rotatable bonds is 10. The fourth-order valence-electron chi connectivity index (χ4n) is 3.24. The van der Waals surface area contributed by atoms with Gasteiger partial charge >= 0.3 is 0 Å². The lowest BCUT2D eigenvalue weighted by Crippen LogP contribution is -1.89. The number of aromatic amines is 2. The molecule has 0 saturated carbocycles. The fraction of sp³-hybridized carbons (Fsp3) is 0.0714. The van der Waals surface area contributed by atoms with Crippen molar-refractivity contribution in [1.29, 1.82) is 0 Å². The van der Waals surface area contributed by atoms with Gasteiger partial charge in [-0.25, -0.2) is 0 Å². The normalized spacial score (nSPS) is 12.3. The highest BCUT2D eigenvalue weighted by Gasteiger charge is 2.01. The zero-order valence-electron chi connectivity index (χ0n) is 18.9. The summed E-state index contributed by atoms with van der Waals surface area (Å²) in [7, 11) is 1.59. The Hall–Kier alpha value is -4.58. The SMILES string of the molecule is C=C(OC)C(=C\C=C\OCc1ccccn1)/C=C/c1cc(/C=C/c2cc3ccccc3[nH]2)[nH]n1. The maximum Gasteiger partial charge on any atom is 0.129 e. The zero-order valence-corrected chi connectivity index (χ0v) is 18.9. The van der Waals surface area contributed by atoms with Gasteiger partial charge in [0, 0.05) is 23.0 Å². The minimum atomic E-state index is 0.406. The molecule has 0 radical (unpaired) electrons. The molecule has 4 aromatic rings. The Balaban J connectivity index is 1.38. The maximum absolute atomic E-state index is 5.52. The minimum Gasteiger partial charge on any atom is -0.497 e. The fourth-order valence-corrected chi connectivity index (χ4v) is 3.24. The van der Waals surface area contributed by atoms with Crippen LogP contribution >= 0.6 is 0 Å². The zero-order chi connectivity index (χ0) is 23.6. The van der Waals surface area contributed by atoms with Crippen molar-refractivity contribution >= 4 is 29.1 Å². The Bertz CT molecular complexity index is 1320. The molecule has 0 aliphatic carbocycles. The maximum atomic E-state index is 5.52. The third kappa shape index (κ3) is 6.23. The number of para-hydroxylation sites is 1. The van der Waals surface area contributed by atoms with Gasteiger partial charge in [-0.15, -0.1) is 0 Å². The molecule has 1 aromatic carbocycles. The summed E-state index contributed by atoms with van der Waals surface area (Å²) in [6.45, 7) is 4.36. The Labute approximate surface area is 198 Å². The quantitative estimate of drug-likeness (QED) is 0.220. The summed E-state index contributed by atoms with van der Waals surface area (Å²) >= 11 is 0. The number of hydrogen-bond donors (Lipinski definition) is 2. The lowest BCUT2D eigenvalue weighted by atomic mass is 10.2. The van der Waals surface area contributed by atoms with E-state index in [2.05, 4.69) is 44.9 Å². The van der Waals surface area contributed by atoms with Gasteiger partial charge in [0.2, 0.25) is 0 Å². The topological polar surface area (TPSA) is 75.8 Å². The first kappa shape index (κ1) is 22.6. The van der Waals surface area contributed by atoms with E-state index >= 15 is 0 Å². The van der Waals surface area contributed by atoms with Gasteiger partial charge in [-0.2, -0.15) is 5.10 Å². The molecule has 6 nitrogen and oxygen atoms in total. The Morgan fingerprint density at radius 2 is 1.88 bits per heavy atom. The van der Waals surface area contributed by atoms with E-state index in [4.69, 9.17) is 9.47 Å². The van der Waals surface area contributed by atoms with Crippen LogP contribution < -0.4 is 0 Å². The van der Waals surface area contributed by atoms with Gasteiger partial charge in [-0.3, -0.25) is 10.1 Å². The summed E-state index contributed by atoms with van der Waals surface area (Å²) in [6.07, 6.45) is 14.8. The second-order valence-electron chi connectivity index (χ2n) is 7.44. The molecular formula is C28H26N4O2. The molecular weight excluding hydrogens is 424 g/mol. The molecule has 6 heteroatoms. The molecule has 0 amide bonds. The lowest BCUT2D eigenvalue weighted by molar-refractivity contribution is 0.232. The highest BCUT2D eigenvalue weighted by molar-refractivity contribution is 5.84. The molecule has 0 aliphatic rings. The van der Waals surface area contributed by atoms with Crippen LogP contribution in [-0.4, -0.2) is 27.3 Å². The van der Waals surface area contributed by atoms with Gasteiger partial charge in [0.05, 0.1) is 30.5 Å². The van der Waals surface area contributed by atoms with Crippen LogP contribution in [0.1, 0.15) is 22.8 Å². The van der Waals surface area contributed by atoms with E-state index in [0.717, 1.165) is 33.9 Å². The number of fused-ring (bicyclic) bond motifs is 1. The molecule has 0 aliphatic heterocycles. The van der Waals surface area contributed by atoms with Crippen molar-refractivity contribution in [3.63, 3.8) is 0 Å². The van der Waals surface area contributed by atoms with Crippen molar-refractivity contribution in [2.45, 2.75) is 6.61 Å². The van der Waals surface area contributed by atoms with Gasteiger partial charge in [0.25, 0.3) is 0 Å². The van der Waals surface area contributed by atoms with Crippen molar-refractivity contribution in [2.75, 3.05) is 7.11 Å². The second-order valence-corrected chi connectivity index (χ2v) is 7.44. The highest BCUT2D eigenvalue weighted by Crippen LogP contribution is 2.17. The molecule has 0 fully saturated rings. The monoisotopic (exact) mass is 450 g/mol. The third-order valence-corrected chi connectivity index (χ3v) is 5.02. The number of aromatic nitrogens is 4. The summed E-state index contributed by atoms with van der Waals surface area (Å²) in [5, 5.41) is 8.57. The summed E-state index contributed by atoms with van der Waals surface area (Å²) in [5.41, 5.74) is 5.51. The van der Waals surface area contributed by atoms with Crippen molar-refractivity contribution in [3.8, 4) is 0 Å². The number of methoxy groups -OCH3 is 1. The Kier molecular flexibility index (Phi) is 7.54.